The van der Waals surface area contributed by atoms with E-state index in [1.165, 1.54) is 11.8 Å². The average Bonchev–Trinajstić information content (AvgIpc) is 2.45. The zero-order valence-corrected chi connectivity index (χ0v) is 12.6. The van der Waals surface area contributed by atoms with Gasteiger partial charge in [-0.05, 0) is 32.0 Å². The summed E-state index contributed by atoms with van der Waals surface area (Å²) in [4.78, 5) is 20.5. The number of hydrogen-bond acceptors (Lipinski definition) is 5. The first kappa shape index (κ1) is 15.0. The Hall–Kier alpha value is -2.39. The van der Waals surface area contributed by atoms with Gasteiger partial charge in [0.05, 0.1) is 17.0 Å². The third-order valence-corrected chi connectivity index (χ3v) is 3.46. The maximum atomic E-state index is 11.9. The second-order valence-corrected chi connectivity index (χ2v) is 5.37. The van der Waals surface area contributed by atoms with Gasteiger partial charge in [-0.2, -0.15) is 5.26 Å². The molecule has 2 aromatic rings. The van der Waals surface area contributed by atoms with E-state index in [0.717, 1.165) is 11.4 Å². The zero-order chi connectivity index (χ0) is 15.2. The van der Waals surface area contributed by atoms with Gasteiger partial charge in [0.1, 0.15) is 6.07 Å². The molecule has 1 amide bonds. The molecule has 0 spiro atoms. The van der Waals surface area contributed by atoms with Crippen LogP contribution in [0, 0.1) is 25.2 Å². The van der Waals surface area contributed by atoms with Gasteiger partial charge in [-0.15, -0.1) is 0 Å². The Balaban J connectivity index is 1.98. The maximum Gasteiger partial charge on any atom is 0.234 e. The van der Waals surface area contributed by atoms with E-state index in [-0.39, 0.29) is 11.7 Å². The van der Waals surface area contributed by atoms with Crippen LogP contribution in [0.2, 0.25) is 0 Å². The Morgan fingerprint density at radius 3 is 2.62 bits per heavy atom. The van der Waals surface area contributed by atoms with E-state index in [1.54, 1.807) is 24.3 Å². The minimum atomic E-state index is -0.189. The number of carbonyl (C=O) groups excluding carboxylic acids is 1. The van der Waals surface area contributed by atoms with E-state index in [4.69, 9.17) is 5.26 Å². The minimum Gasteiger partial charge on any atom is -0.324 e. The highest BCUT2D eigenvalue weighted by molar-refractivity contribution is 7.99. The van der Waals surface area contributed by atoms with E-state index >= 15 is 0 Å². The highest BCUT2D eigenvalue weighted by Gasteiger charge is 2.08. The molecule has 1 heterocycles. The molecule has 0 radical (unpaired) electrons. The molecular weight excluding hydrogens is 284 g/mol. The van der Waals surface area contributed by atoms with E-state index < -0.39 is 0 Å². The molecule has 0 unspecified atom stereocenters. The second kappa shape index (κ2) is 6.86. The summed E-state index contributed by atoms with van der Waals surface area (Å²) in [5, 5.41) is 12.3. The van der Waals surface area contributed by atoms with Crippen molar-refractivity contribution in [3.63, 3.8) is 0 Å². The lowest BCUT2D eigenvalue weighted by molar-refractivity contribution is -0.113. The van der Waals surface area contributed by atoms with Crippen LogP contribution < -0.4 is 5.32 Å². The van der Waals surface area contributed by atoms with Gasteiger partial charge in [-0.3, -0.25) is 4.79 Å². The third kappa shape index (κ3) is 4.29. The number of nitrogens with zero attached hydrogens (tertiary/aromatic N) is 3. The molecule has 1 aromatic heterocycles. The maximum absolute atomic E-state index is 11.9. The highest BCUT2D eigenvalue weighted by Crippen LogP contribution is 2.17. The van der Waals surface area contributed by atoms with Crippen molar-refractivity contribution in [2.24, 2.45) is 0 Å². The Morgan fingerprint density at radius 1 is 1.29 bits per heavy atom. The van der Waals surface area contributed by atoms with Gasteiger partial charge in [0, 0.05) is 11.4 Å². The van der Waals surface area contributed by atoms with Gasteiger partial charge in [-0.1, -0.05) is 23.9 Å². The molecule has 21 heavy (non-hydrogen) atoms. The monoisotopic (exact) mass is 298 g/mol. The lowest BCUT2D eigenvalue weighted by atomic mass is 10.2. The highest BCUT2D eigenvalue weighted by atomic mass is 32.2. The van der Waals surface area contributed by atoms with Gasteiger partial charge in [0.15, 0.2) is 5.16 Å². The predicted molar refractivity (Wildman–Crippen MR) is 82.0 cm³/mol. The number of rotatable bonds is 4. The molecule has 1 aromatic carbocycles. The van der Waals surface area contributed by atoms with Crippen molar-refractivity contribution in [2.75, 3.05) is 11.1 Å². The summed E-state index contributed by atoms with van der Waals surface area (Å²) in [6, 6.07) is 10.8. The van der Waals surface area contributed by atoms with Crippen LogP contribution in [-0.2, 0) is 4.79 Å². The summed E-state index contributed by atoms with van der Waals surface area (Å²) < 4.78 is 0. The lowest BCUT2D eigenvalue weighted by Gasteiger charge is -2.06. The van der Waals surface area contributed by atoms with Gasteiger partial charge < -0.3 is 5.32 Å². The van der Waals surface area contributed by atoms with Crippen molar-refractivity contribution in [3.05, 3.63) is 47.3 Å². The molecule has 106 valence electrons. The van der Waals surface area contributed by atoms with Crippen LogP contribution >= 0.6 is 11.8 Å². The molecule has 1 N–H and O–H groups in total. The first-order chi connectivity index (χ1) is 10.1. The largest absolute Gasteiger partial charge is 0.324 e. The summed E-state index contributed by atoms with van der Waals surface area (Å²) in [5.74, 6) is 0.00769. The number of thioether (sulfide) groups is 1. The molecule has 5 nitrogen and oxygen atoms in total. The molecule has 0 aliphatic rings. The number of nitrogens with one attached hydrogen (secondary N) is 1. The van der Waals surface area contributed by atoms with Crippen LogP contribution in [0.15, 0.2) is 35.5 Å². The van der Waals surface area contributed by atoms with Gasteiger partial charge in [0.2, 0.25) is 5.91 Å². The van der Waals surface area contributed by atoms with Crippen LogP contribution in [0.5, 0.6) is 0 Å². The number of hydrogen-bond donors (Lipinski definition) is 1. The molecule has 0 bridgehead atoms. The molecule has 0 fully saturated rings. The van der Waals surface area contributed by atoms with Crippen LogP contribution in [0.3, 0.4) is 0 Å². The van der Waals surface area contributed by atoms with Gasteiger partial charge in [-0.25, -0.2) is 9.97 Å². The fraction of sp³-hybridized carbons (Fsp3) is 0.200. The molecule has 0 aliphatic carbocycles. The molecule has 0 aliphatic heterocycles. The van der Waals surface area contributed by atoms with Crippen molar-refractivity contribution in [2.45, 2.75) is 19.0 Å². The standard InChI is InChI=1S/C15H14N4OS/c1-10-7-11(2)18-15(17-10)21-9-14(20)19-13-6-4-3-5-12(13)8-16/h3-7H,9H2,1-2H3,(H,19,20). The smallest absolute Gasteiger partial charge is 0.234 e. The minimum absolute atomic E-state index is 0.189. The molecule has 0 saturated carbocycles. The van der Waals surface area contributed by atoms with Crippen LogP contribution in [0.4, 0.5) is 5.69 Å². The molecule has 6 heteroatoms. The van der Waals surface area contributed by atoms with E-state index in [2.05, 4.69) is 15.3 Å². The van der Waals surface area contributed by atoms with Crippen LogP contribution in [-0.4, -0.2) is 21.6 Å². The van der Waals surface area contributed by atoms with Crippen molar-refractivity contribution < 1.29 is 4.79 Å². The topological polar surface area (TPSA) is 78.7 Å². The first-order valence-corrected chi connectivity index (χ1v) is 7.31. The first-order valence-electron chi connectivity index (χ1n) is 6.32. The number of aryl methyl sites for hydroxylation is 2. The van der Waals surface area contributed by atoms with E-state index in [9.17, 15) is 4.79 Å². The summed E-state index contributed by atoms with van der Waals surface area (Å²) in [7, 11) is 0. The van der Waals surface area contributed by atoms with Crippen molar-refractivity contribution in [3.8, 4) is 6.07 Å². The normalized spacial score (nSPS) is 9.95. The van der Waals surface area contributed by atoms with Crippen molar-refractivity contribution >= 4 is 23.4 Å². The van der Waals surface area contributed by atoms with Crippen LogP contribution in [0.25, 0.3) is 0 Å². The van der Waals surface area contributed by atoms with Gasteiger partial charge in [0.25, 0.3) is 0 Å². The Labute approximate surface area is 127 Å². The number of para-hydroxylation sites is 1. The number of benzene rings is 1. The lowest BCUT2D eigenvalue weighted by Crippen LogP contribution is -2.15. The number of nitriles is 1. The molecular formula is C15H14N4OS. The Kier molecular flexibility index (Phi) is 4.90. The third-order valence-electron chi connectivity index (χ3n) is 2.62. The molecule has 2 rings (SSSR count). The fourth-order valence-corrected chi connectivity index (χ4v) is 2.51. The average molecular weight is 298 g/mol. The number of aromatic nitrogens is 2. The van der Waals surface area contributed by atoms with E-state index in [0.29, 0.717) is 16.4 Å². The molecule has 0 saturated heterocycles. The quantitative estimate of drug-likeness (QED) is 0.693. The number of anilines is 1. The number of carbonyl (C=O) groups is 1. The Bertz CT molecular complexity index is 689. The second-order valence-electron chi connectivity index (χ2n) is 4.43. The summed E-state index contributed by atoms with van der Waals surface area (Å²) in [5.41, 5.74) is 2.71. The predicted octanol–water partition coefficient (Wildman–Crippen LogP) is 2.70. The Morgan fingerprint density at radius 2 is 1.95 bits per heavy atom. The fourth-order valence-electron chi connectivity index (χ4n) is 1.76. The SMILES string of the molecule is Cc1cc(C)nc(SCC(=O)Nc2ccccc2C#N)n1. The van der Waals surface area contributed by atoms with E-state index in [1.807, 2.05) is 26.0 Å². The summed E-state index contributed by atoms with van der Waals surface area (Å²) >= 11 is 1.27. The summed E-state index contributed by atoms with van der Waals surface area (Å²) in [6.07, 6.45) is 0. The van der Waals surface area contributed by atoms with Crippen molar-refractivity contribution in [1.82, 2.24) is 9.97 Å². The van der Waals surface area contributed by atoms with Gasteiger partial charge >= 0.3 is 0 Å². The van der Waals surface area contributed by atoms with Crippen molar-refractivity contribution in [1.29, 1.82) is 5.26 Å². The zero-order valence-electron chi connectivity index (χ0n) is 11.8. The number of amides is 1. The van der Waals surface area contributed by atoms with Crippen LogP contribution in [0.1, 0.15) is 17.0 Å². The summed E-state index contributed by atoms with van der Waals surface area (Å²) in [6.45, 7) is 3.78. The molecule has 0 atom stereocenters.